The molecule has 0 unspecified atom stereocenters. The van der Waals surface area contributed by atoms with Crippen LogP contribution < -0.4 is 10.2 Å². The molecule has 1 saturated heterocycles. The molecule has 0 atom stereocenters. The van der Waals surface area contributed by atoms with E-state index in [1.807, 2.05) is 6.07 Å². The van der Waals surface area contributed by atoms with Crippen LogP contribution in [0.5, 0.6) is 0 Å². The van der Waals surface area contributed by atoms with Gasteiger partial charge in [-0.25, -0.2) is 9.18 Å². The van der Waals surface area contributed by atoms with E-state index in [-0.39, 0.29) is 5.82 Å². The van der Waals surface area contributed by atoms with Gasteiger partial charge in [-0.05, 0) is 42.5 Å². The van der Waals surface area contributed by atoms with Crippen LogP contribution in [0.15, 0.2) is 42.5 Å². The summed E-state index contributed by atoms with van der Waals surface area (Å²) in [6.07, 6.45) is 0. The second kappa shape index (κ2) is 7.82. The van der Waals surface area contributed by atoms with Crippen LogP contribution in [0.2, 0.25) is 0 Å². The van der Waals surface area contributed by atoms with E-state index < -0.39 is 5.97 Å². The van der Waals surface area contributed by atoms with Crippen molar-refractivity contribution in [2.75, 3.05) is 38.2 Å². The van der Waals surface area contributed by atoms with Crippen molar-refractivity contribution >= 4 is 11.7 Å². The zero-order valence-corrected chi connectivity index (χ0v) is 14.0. The lowest BCUT2D eigenvalue weighted by molar-refractivity contribution is 0.0600. The summed E-state index contributed by atoms with van der Waals surface area (Å²) >= 11 is 0. The first-order chi connectivity index (χ1) is 12.2. The van der Waals surface area contributed by atoms with E-state index in [1.165, 1.54) is 19.2 Å². The molecule has 2 aromatic rings. The molecule has 25 heavy (non-hydrogen) atoms. The molecule has 0 radical (unpaired) electrons. The number of hydrogen-bond donors (Lipinski definition) is 1. The van der Waals surface area contributed by atoms with E-state index in [0.717, 1.165) is 43.0 Å². The third-order valence-corrected chi connectivity index (χ3v) is 4.06. The Morgan fingerprint density at radius 3 is 2.52 bits per heavy atom. The Hall–Kier alpha value is -2.84. The fourth-order valence-electron chi connectivity index (χ4n) is 2.74. The van der Waals surface area contributed by atoms with Gasteiger partial charge in [0.1, 0.15) is 5.82 Å². The van der Waals surface area contributed by atoms with Crippen LogP contribution in [0.1, 0.15) is 21.5 Å². The van der Waals surface area contributed by atoms with Crippen molar-refractivity contribution < 1.29 is 13.9 Å². The normalized spacial score (nSPS) is 13.8. The van der Waals surface area contributed by atoms with Crippen LogP contribution in [-0.2, 0) is 4.74 Å². The summed E-state index contributed by atoms with van der Waals surface area (Å²) in [5.41, 5.74) is 2.93. The van der Waals surface area contributed by atoms with Crippen LogP contribution in [0.25, 0.3) is 0 Å². The van der Waals surface area contributed by atoms with Gasteiger partial charge in [0.25, 0.3) is 0 Å². The number of nitrogens with one attached hydrogen (secondary N) is 1. The highest BCUT2D eigenvalue weighted by Crippen LogP contribution is 2.22. The fraction of sp³-hybridized carbons (Fsp3) is 0.250. The maximum atomic E-state index is 13.0. The average molecular weight is 338 g/mol. The molecular weight excluding hydrogens is 319 g/mol. The molecule has 1 heterocycles. The van der Waals surface area contributed by atoms with Gasteiger partial charge in [0, 0.05) is 37.3 Å². The first kappa shape index (κ1) is 17.0. The molecule has 3 rings (SSSR count). The molecule has 0 aromatic heterocycles. The quantitative estimate of drug-likeness (QED) is 0.675. The number of anilines is 1. The minimum Gasteiger partial charge on any atom is -0.465 e. The highest BCUT2D eigenvalue weighted by Gasteiger charge is 2.15. The van der Waals surface area contributed by atoms with Crippen molar-refractivity contribution in [3.05, 3.63) is 65.0 Å². The van der Waals surface area contributed by atoms with E-state index in [0.29, 0.717) is 5.56 Å². The first-order valence-corrected chi connectivity index (χ1v) is 8.13. The SMILES string of the molecule is COC(=O)c1ccc(N2CCNCC2)c(C#Cc2ccc(F)cc2)c1. The van der Waals surface area contributed by atoms with Crippen LogP contribution in [0.4, 0.5) is 10.1 Å². The van der Waals surface area contributed by atoms with Gasteiger partial charge in [0.15, 0.2) is 0 Å². The molecule has 1 aliphatic heterocycles. The van der Waals surface area contributed by atoms with Gasteiger partial charge in [-0.3, -0.25) is 0 Å². The number of carbonyl (C=O) groups excluding carboxylic acids is 1. The average Bonchev–Trinajstić information content (AvgIpc) is 2.67. The van der Waals surface area contributed by atoms with Gasteiger partial charge in [-0.15, -0.1) is 0 Å². The maximum Gasteiger partial charge on any atom is 0.337 e. The first-order valence-electron chi connectivity index (χ1n) is 8.13. The van der Waals surface area contributed by atoms with Crippen LogP contribution in [0, 0.1) is 17.7 Å². The number of carbonyl (C=O) groups is 1. The number of hydrogen-bond acceptors (Lipinski definition) is 4. The molecule has 0 amide bonds. The van der Waals surface area contributed by atoms with Crippen LogP contribution in [0.3, 0.4) is 0 Å². The molecule has 0 bridgehead atoms. The summed E-state index contributed by atoms with van der Waals surface area (Å²) < 4.78 is 17.8. The van der Waals surface area contributed by atoms with Crippen LogP contribution >= 0.6 is 0 Å². The third kappa shape index (κ3) is 4.17. The minimum absolute atomic E-state index is 0.292. The number of ether oxygens (including phenoxy) is 1. The van der Waals surface area contributed by atoms with Gasteiger partial charge in [0.05, 0.1) is 18.4 Å². The number of rotatable bonds is 2. The van der Waals surface area contributed by atoms with Crippen molar-refractivity contribution in [1.29, 1.82) is 0 Å². The number of piperazine rings is 1. The zero-order chi connectivity index (χ0) is 17.6. The predicted octanol–water partition coefficient (Wildman–Crippen LogP) is 2.42. The van der Waals surface area contributed by atoms with Gasteiger partial charge >= 0.3 is 5.97 Å². The van der Waals surface area contributed by atoms with E-state index >= 15 is 0 Å². The molecule has 1 fully saturated rings. The number of methoxy groups -OCH3 is 1. The summed E-state index contributed by atoms with van der Waals surface area (Å²) in [5.74, 6) is 5.48. The Bertz CT molecular complexity index is 816. The van der Waals surface area contributed by atoms with Crippen molar-refractivity contribution in [3.63, 3.8) is 0 Å². The van der Waals surface area contributed by atoms with Gasteiger partial charge in [-0.2, -0.15) is 0 Å². The summed E-state index contributed by atoms with van der Waals surface area (Å²) in [5, 5.41) is 3.32. The number of esters is 1. The Morgan fingerprint density at radius 1 is 1.12 bits per heavy atom. The topological polar surface area (TPSA) is 41.6 Å². The molecular formula is C20H19FN2O2. The lowest BCUT2D eigenvalue weighted by Gasteiger charge is -2.30. The number of benzene rings is 2. The van der Waals surface area contributed by atoms with Crippen LogP contribution in [-0.4, -0.2) is 39.3 Å². The van der Waals surface area contributed by atoms with Gasteiger partial charge in [0.2, 0.25) is 0 Å². The van der Waals surface area contributed by atoms with Gasteiger partial charge in [-0.1, -0.05) is 11.8 Å². The smallest absolute Gasteiger partial charge is 0.337 e. The lowest BCUT2D eigenvalue weighted by atomic mass is 10.1. The second-order valence-electron chi connectivity index (χ2n) is 5.72. The molecule has 4 nitrogen and oxygen atoms in total. The molecule has 2 aromatic carbocycles. The van der Waals surface area contributed by atoms with E-state index in [1.54, 1.807) is 24.3 Å². The Morgan fingerprint density at radius 2 is 1.84 bits per heavy atom. The molecule has 0 saturated carbocycles. The maximum absolute atomic E-state index is 13.0. The Balaban J connectivity index is 1.98. The minimum atomic E-state index is -0.392. The zero-order valence-electron chi connectivity index (χ0n) is 14.0. The van der Waals surface area contributed by atoms with E-state index in [4.69, 9.17) is 4.74 Å². The summed E-state index contributed by atoms with van der Waals surface area (Å²) in [6, 6.07) is 11.4. The second-order valence-corrected chi connectivity index (χ2v) is 5.72. The Kier molecular flexibility index (Phi) is 5.32. The highest BCUT2D eigenvalue weighted by molar-refractivity contribution is 5.90. The monoisotopic (exact) mass is 338 g/mol. The molecule has 0 aliphatic carbocycles. The van der Waals surface area contributed by atoms with Crippen molar-refractivity contribution in [2.24, 2.45) is 0 Å². The predicted molar refractivity (Wildman–Crippen MR) is 95.2 cm³/mol. The summed E-state index contributed by atoms with van der Waals surface area (Å²) in [7, 11) is 1.36. The molecule has 1 aliphatic rings. The van der Waals surface area contributed by atoms with E-state index in [9.17, 15) is 9.18 Å². The van der Waals surface area contributed by atoms with E-state index in [2.05, 4.69) is 22.1 Å². The fourth-order valence-corrected chi connectivity index (χ4v) is 2.74. The molecule has 128 valence electrons. The molecule has 0 spiro atoms. The Labute approximate surface area is 146 Å². The van der Waals surface area contributed by atoms with Gasteiger partial charge < -0.3 is 15.0 Å². The lowest BCUT2D eigenvalue weighted by Crippen LogP contribution is -2.43. The highest BCUT2D eigenvalue weighted by atomic mass is 19.1. The summed E-state index contributed by atoms with van der Waals surface area (Å²) in [4.78, 5) is 14.1. The molecule has 5 heteroatoms. The number of nitrogens with zero attached hydrogens (tertiary/aromatic N) is 1. The van der Waals surface area contributed by atoms with Crippen molar-refractivity contribution in [3.8, 4) is 11.8 Å². The third-order valence-electron chi connectivity index (χ3n) is 4.06. The summed E-state index contributed by atoms with van der Waals surface area (Å²) in [6.45, 7) is 3.57. The van der Waals surface area contributed by atoms with Crippen molar-refractivity contribution in [1.82, 2.24) is 5.32 Å². The van der Waals surface area contributed by atoms with Crippen molar-refractivity contribution in [2.45, 2.75) is 0 Å². The largest absolute Gasteiger partial charge is 0.465 e. The number of halogens is 1. The molecule has 1 N–H and O–H groups in total. The standard InChI is InChI=1S/C20H19FN2O2/c1-25-20(24)17-6-9-19(23-12-10-22-11-13-23)16(14-17)5-2-15-3-7-18(21)8-4-15/h3-4,6-9,14,22H,10-13H2,1H3.